The minimum absolute atomic E-state index is 0.0654. The molecule has 0 aliphatic carbocycles. The number of carbonyl (C=O) groups is 2. The molecule has 4 rings (SSSR count). The van der Waals surface area contributed by atoms with Crippen LogP contribution in [0.4, 0.5) is 0 Å². The number of carboxylic acids is 1. The van der Waals surface area contributed by atoms with Crippen molar-refractivity contribution in [1.82, 2.24) is 4.57 Å². The van der Waals surface area contributed by atoms with E-state index >= 15 is 0 Å². The Bertz CT molecular complexity index is 1310. The summed E-state index contributed by atoms with van der Waals surface area (Å²) in [5.41, 5.74) is 3.82. The maximum absolute atomic E-state index is 12.7. The van der Waals surface area contributed by atoms with Gasteiger partial charge in [-0.25, -0.2) is 4.79 Å². The number of rotatable bonds is 4. The standard InChI is InChI=1S/C17H14ClNO2.C9H9IO2/c1-11-9-13-10-15(21-2)7-8-16(13)19(11)17(20)12-3-5-14(18)6-4-12;1-2-6-5-7(9(11)12)3-4-8(6)10/h3-10H,1-2H3;3-5H,2H2,1H3,(H,11,12). The van der Waals surface area contributed by atoms with Gasteiger partial charge in [-0.2, -0.15) is 0 Å². The van der Waals surface area contributed by atoms with Gasteiger partial charge in [0.05, 0.1) is 18.2 Å². The van der Waals surface area contributed by atoms with Gasteiger partial charge in [-0.15, -0.1) is 0 Å². The molecule has 33 heavy (non-hydrogen) atoms. The fraction of sp³-hybridized carbons (Fsp3) is 0.154. The van der Waals surface area contributed by atoms with Crippen LogP contribution in [0.25, 0.3) is 10.9 Å². The maximum Gasteiger partial charge on any atom is 0.335 e. The molecule has 0 unspecified atom stereocenters. The fourth-order valence-electron chi connectivity index (χ4n) is 3.43. The van der Waals surface area contributed by atoms with E-state index in [1.165, 1.54) is 0 Å². The second-order valence-electron chi connectivity index (χ2n) is 7.32. The number of methoxy groups -OCH3 is 1. The summed E-state index contributed by atoms with van der Waals surface area (Å²) in [5.74, 6) is -0.149. The molecule has 0 atom stereocenters. The van der Waals surface area contributed by atoms with Crippen LogP contribution in [-0.4, -0.2) is 28.7 Å². The highest BCUT2D eigenvalue weighted by molar-refractivity contribution is 14.1. The van der Waals surface area contributed by atoms with Crippen LogP contribution in [0.3, 0.4) is 0 Å². The number of fused-ring (bicyclic) bond motifs is 1. The predicted molar refractivity (Wildman–Crippen MR) is 140 cm³/mol. The van der Waals surface area contributed by atoms with Crippen molar-refractivity contribution in [2.75, 3.05) is 7.11 Å². The van der Waals surface area contributed by atoms with Gasteiger partial charge in [0, 0.05) is 25.2 Å². The van der Waals surface area contributed by atoms with Crippen molar-refractivity contribution < 1.29 is 19.4 Å². The Hall–Kier alpha value is -2.84. The molecule has 5 nitrogen and oxygen atoms in total. The van der Waals surface area contributed by atoms with Crippen LogP contribution in [0.5, 0.6) is 5.75 Å². The first kappa shape index (κ1) is 24.8. The van der Waals surface area contributed by atoms with Crippen LogP contribution in [0.2, 0.25) is 5.02 Å². The Balaban J connectivity index is 0.000000218. The van der Waals surface area contributed by atoms with E-state index in [1.54, 1.807) is 48.1 Å². The Kier molecular flexibility index (Phi) is 8.15. The molecule has 7 heteroatoms. The largest absolute Gasteiger partial charge is 0.497 e. The number of nitrogens with zero attached hydrogens (tertiary/aromatic N) is 1. The zero-order chi connectivity index (χ0) is 24.1. The summed E-state index contributed by atoms with van der Waals surface area (Å²) in [6.07, 6.45) is 0.874. The third kappa shape index (κ3) is 5.75. The number of hydrogen-bond donors (Lipinski definition) is 1. The average Bonchev–Trinajstić information content (AvgIpc) is 3.14. The highest BCUT2D eigenvalue weighted by Crippen LogP contribution is 2.25. The first-order chi connectivity index (χ1) is 15.7. The monoisotopic (exact) mass is 575 g/mol. The summed E-state index contributed by atoms with van der Waals surface area (Å²) < 4.78 is 8.05. The molecule has 0 amide bonds. The number of ether oxygens (including phenoxy) is 1. The minimum atomic E-state index is -0.860. The molecule has 0 spiro atoms. The molecule has 170 valence electrons. The minimum Gasteiger partial charge on any atom is -0.497 e. The van der Waals surface area contributed by atoms with Crippen LogP contribution in [0, 0.1) is 10.5 Å². The number of aromatic nitrogens is 1. The SMILES string of the molecule is CCc1cc(C(=O)O)ccc1I.COc1ccc2c(c1)cc(C)n2C(=O)c1ccc(Cl)cc1. The molecule has 1 N–H and O–H groups in total. The lowest BCUT2D eigenvalue weighted by Crippen LogP contribution is -2.13. The first-order valence-electron chi connectivity index (χ1n) is 10.2. The Morgan fingerprint density at radius 3 is 2.27 bits per heavy atom. The molecule has 0 fully saturated rings. The van der Waals surface area contributed by atoms with E-state index < -0.39 is 5.97 Å². The molecule has 0 bridgehead atoms. The maximum atomic E-state index is 12.7. The fourth-order valence-corrected chi connectivity index (χ4v) is 4.27. The van der Waals surface area contributed by atoms with E-state index in [-0.39, 0.29) is 5.91 Å². The molecule has 0 aliphatic rings. The molecule has 0 radical (unpaired) electrons. The number of aromatic carboxylic acids is 1. The molecule has 0 aliphatic heterocycles. The van der Waals surface area contributed by atoms with Gasteiger partial charge >= 0.3 is 5.97 Å². The van der Waals surface area contributed by atoms with E-state index in [2.05, 4.69) is 22.6 Å². The second-order valence-corrected chi connectivity index (χ2v) is 8.92. The predicted octanol–water partition coefficient (Wildman–Crippen LogP) is 6.85. The average molecular weight is 576 g/mol. The van der Waals surface area contributed by atoms with Crippen LogP contribution < -0.4 is 4.74 Å². The highest BCUT2D eigenvalue weighted by atomic mass is 127. The van der Waals surface area contributed by atoms with E-state index in [9.17, 15) is 9.59 Å². The highest BCUT2D eigenvalue weighted by Gasteiger charge is 2.15. The van der Waals surface area contributed by atoms with Gasteiger partial charge < -0.3 is 9.84 Å². The van der Waals surface area contributed by atoms with Crippen LogP contribution in [0.1, 0.15) is 38.9 Å². The Labute approximate surface area is 211 Å². The number of benzene rings is 3. The molecular formula is C26H23ClINO4. The quantitative estimate of drug-likeness (QED) is 0.270. The molecule has 1 heterocycles. The van der Waals surface area contributed by atoms with Gasteiger partial charge in [-0.05, 0) is 108 Å². The van der Waals surface area contributed by atoms with Crippen LogP contribution in [-0.2, 0) is 6.42 Å². The van der Waals surface area contributed by atoms with Gasteiger partial charge in [0.15, 0.2) is 0 Å². The van der Waals surface area contributed by atoms with Gasteiger partial charge in [0.2, 0.25) is 0 Å². The molecule has 1 aromatic heterocycles. The van der Waals surface area contributed by atoms with Crippen molar-refractivity contribution >= 4 is 57.0 Å². The lowest BCUT2D eigenvalue weighted by atomic mass is 10.1. The van der Waals surface area contributed by atoms with E-state index in [0.717, 1.165) is 37.9 Å². The first-order valence-corrected chi connectivity index (χ1v) is 11.7. The third-order valence-electron chi connectivity index (χ3n) is 5.16. The van der Waals surface area contributed by atoms with Crippen LogP contribution >= 0.6 is 34.2 Å². The smallest absolute Gasteiger partial charge is 0.335 e. The molecule has 0 saturated carbocycles. The summed E-state index contributed by atoms with van der Waals surface area (Å²) >= 11 is 8.08. The van der Waals surface area contributed by atoms with Crippen molar-refractivity contribution in [1.29, 1.82) is 0 Å². The molecule has 3 aromatic carbocycles. The summed E-state index contributed by atoms with van der Waals surface area (Å²) in [7, 11) is 1.63. The molecule has 0 saturated heterocycles. The van der Waals surface area contributed by atoms with E-state index in [4.69, 9.17) is 21.4 Å². The summed E-state index contributed by atoms with van der Waals surface area (Å²) in [4.78, 5) is 23.3. The summed E-state index contributed by atoms with van der Waals surface area (Å²) in [6.45, 7) is 3.93. The number of carbonyl (C=O) groups excluding carboxylic acids is 1. The van der Waals surface area contributed by atoms with Gasteiger partial charge in [-0.1, -0.05) is 18.5 Å². The van der Waals surface area contributed by atoms with Gasteiger partial charge in [0.1, 0.15) is 5.75 Å². The Morgan fingerprint density at radius 2 is 1.67 bits per heavy atom. The topological polar surface area (TPSA) is 68.5 Å². The van der Waals surface area contributed by atoms with Crippen molar-refractivity contribution in [3.63, 3.8) is 0 Å². The number of hydrogen-bond acceptors (Lipinski definition) is 3. The lowest BCUT2D eigenvalue weighted by Gasteiger charge is -2.07. The lowest BCUT2D eigenvalue weighted by molar-refractivity contribution is 0.0696. The normalized spacial score (nSPS) is 10.5. The number of carboxylic acid groups (broad SMARTS) is 1. The van der Waals surface area contributed by atoms with Crippen molar-refractivity contribution in [2.45, 2.75) is 20.3 Å². The van der Waals surface area contributed by atoms with E-state index in [1.807, 2.05) is 44.2 Å². The van der Waals surface area contributed by atoms with E-state index in [0.29, 0.717) is 16.1 Å². The number of aryl methyl sites for hydroxylation is 2. The van der Waals surface area contributed by atoms with Crippen LogP contribution in [0.15, 0.2) is 66.7 Å². The third-order valence-corrected chi connectivity index (χ3v) is 6.46. The second kappa shape index (κ2) is 10.9. The van der Waals surface area contributed by atoms with Crippen molar-refractivity contribution in [3.8, 4) is 5.75 Å². The zero-order valence-corrected chi connectivity index (χ0v) is 21.3. The van der Waals surface area contributed by atoms with Crippen molar-refractivity contribution in [3.05, 3.63) is 97.7 Å². The Morgan fingerprint density at radius 1 is 1.00 bits per heavy atom. The van der Waals surface area contributed by atoms with Crippen molar-refractivity contribution in [2.24, 2.45) is 0 Å². The molecule has 4 aromatic rings. The summed E-state index contributed by atoms with van der Waals surface area (Å²) in [6, 6.07) is 19.8. The van der Waals surface area contributed by atoms with Gasteiger partial charge in [-0.3, -0.25) is 9.36 Å². The molecular weight excluding hydrogens is 553 g/mol. The summed E-state index contributed by atoms with van der Waals surface area (Å²) in [5, 5.41) is 10.3. The number of halogens is 2. The van der Waals surface area contributed by atoms with Gasteiger partial charge in [0.25, 0.3) is 5.91 Å². The zero-order valence-electron chi connectivity index (χ0n) is 18.4.